The average molecular weight is 382 g/mol. The van der Waals surface area contributed by atoms with Gasteiger partial charge < -0.3 is 9.47 Å². The Morgan fingerprint density at radius 3 is 2.62 bits per heavy atom. The molecule has 6 nitrogen and oxygen atoms in total. The third-order valence-electron chi connectivity index (χ3n) is 4.28. The van der Waals surface area contributed by atoms with Gasteiger partial charge in [0.05, 0.1) is 7.11 Å². The first-order chi connectivity index (χ1) is 14.2. The molecule has 0 atom stereocenters. The van der Waals surface area contributed by atoms with Gasteiger partial charge in [0.25, 0.3) is 0 Å². The molecule has 0 unspecified atom stereocenters. The van der Waals surface area contributed by atoms with Crippen molar-refractivity contribution in [3.05, 3.63) is 83.4 Å². The smallest absolute Gasteiger partial charge is 0.250 e. The van der Waals surface area contributed by atoms with Crippen molar-refractivity contribution in [3.63, 3.8) is 0 Å². The van der Waals surface area contributed by atoms with Crippen molar-refractivity contribution in [2.75, 3.05) is 7.11 Å². The summed E-state index contributed by atoms with van der Waals surface area (Å²) in [7, 11) is 1.64. The van der Waals surface area contributed by atoms with Crippen molar-refractivity contribution in [1.82, 2.24) is 19.9 Å². The second-order valence-electron chi connectivity index (χ2n) is 6.30. The van der Waals surface area contributed by atoms with Crippen LogP contribution in [0.25, 0.3) is 11.2 Å². The third-order valence-corrected chi connectivity index (χ3v) is 4.28. The lowest BCUT2D eigenvalue weighted by molar-refractivity contribution is 0.292. The Bertz CT molecular complexity index is 1210. The molecular weight excluding hydrogens is 364 g/mol. The van der Waals surface area contributed by atoms with Gasteiger partial charge in [0.15, 0.2) is 11.3 Å². The SMILES string of the molecule is COc1ccc(C#Cc2nc3ncccc3nc2OCc2ccncc2)c(C)c1. The lowest BCUT2D eigenvalue weighted by atomic mass is 10.1. The van der Waals surface area contributed by atoms with E-state index >= 15 is 0 Å². The van der Waals surface area contributed by atoms with Crippen molar-refractivity contribution in [1.29, 1.82) is 0 Å². The second kappa shape index (κ2) is 8.36. The number of aromatic nitrogens is 4. The van der Waals surface area contributed by atoms with Gasteiger partial charge in [-0.2, -0.15) is 0 Å². The standard InChI is InChI=1S/C23H18N4O2/c1-16-14-19(28-2)7-5-18(16)6-8-21-23(29-15-17-9-12-24-13-10-17)27-20-4-3-11-25-22(20)26-21/h3-5,7,9-14H,15H2,1-2H3. The number of nitrogens with zero attached hydrogens (tertiary/aromatic N) is 4. The first-order valence-corrected chi connectivity index (χ1v) is 9.04. The highest BCUT2D eigenvalue weighted by molar-refractivity contribution is 5.71. The number of hydrogen-bond acceptors (Lipinski definition) is 6. The van der Waals surface area contributed by atoms with E-state index in [9.17, 15) is 0 Å². The van der Waals surface area contributed by atoms with Crippen LogP contribution < -0.4 is 9.47 Å². The Morgan fingerprint density at radius 1 is 0.966 bits per heavy atom. The van der Waals surface area contributed by atoms with E-state index < -0.39 is 0 Å². The molecule has 0 saturated carbocycles. The van der Waals surface area contributed by atoms with Crippen LogP contribution in [0.15, 0.2) is 61.1 Å². The molecule has 0 bridgehead atoms. The van der Waals surface area contributed by atoms with Gasteiger partial charge in [0.2, 0.25) is 5.88 Å². The molecule has 0 radical (unpaired) electrons. The van der Waals surface area contributed by atoms with E-state index in [0.717, 1.165) is 22.4 Å². The van der Waals surface area contributed by atoms with Crippen molar-refractivity contribution in [2.45, 2.75) is 13.5 Å². The summed E-state index contributed by atoms with van der Waals surface area (Å²) < 4.78 is 11.2. The highest BCUT2D eigenvalue weighted by atomic mass is 16.5. The van der Waals surface area contributed by atoms with E-state index in [-0.39, 0.29) is 0 Å². The number of benzene rings is 1. The maximum absolute atomic E-state index is 5.93. The molecule has 0 aliphatic heterocycles. The minimum Gasteiger partial charge on any atom is -0.497 e. The molecule has 142 valence electrons. The first kappa shape index (κ1) is 18.4. The minimum atomic E-state index is 0.346. The number of pyridine rings is 2. The minimum absolute atomic E-state index is 0.346. The van der Waals surface area contributed by atoms with Crippen LogP contribution in [-0.2, 0) is 6.61 Å². The Kier molecular flexibility index (Phi) is 5.30. The molecule has 3 aromatic heterocycles. The number of fused-ring (bicyclic) bond motifs is 1. The second-order valence-corrected chi connectivity index (χ2v) is 6.30. The number of aryl methyl sites for hydroxylation is 1. The summed E-state index contributed by atoms with van der Waals surface area (Å²) in [4.78, 5) is 17.4. The van der Waals surface area contributed by atoms with Gasteiger partial charge in [-0.15, -0.1) is 0 Å². The fourth-order valence-electron chi connectivity index (χ4n) is 2.72. The van der Waals surface area contributed by atoms with Gasteiger partial charge in [0.1, 0.15) is 17.9 Å². The summed E-state index contributed by atoms with van der Waals surface area (Å²) in [6.45, 7) is 2.33. The van der Waals surface area contributed by atoms with Crippen molar-refractivity contribution < 1.29 is 9.47 Å². The van der Waals surface area contributed by atoms with Crippen LogP contribution in [0.2, 0.25) is 0 Å². The molecule has 29 heavy (non-hydrogen) atoms. The van der Waals surface area contributed by atoms with Gasteiger partial charge >= 0.3 is 0 Å². The fraction of sp³-hybridized carbons (Fsp3) is 0.130. The van der Waals surface area contributed by atoms with E-state index in [0.29, 0.717) is 29.3 Å². The summed E-state index contributed by atoms with van der Waals surface area (Å²) in [6.07, 6.45) is 5.13. The van der Waals surface area contributed by atoms with Crippen LogP contribution in [0.4, 0.5) is 0 Å². The Morgan fingerprint density at radius 2 is 1.83 bits per heavy atom. The summed E-state index contributed by atoms with van der Waals surface area (Å²) in [5, 5.41) is 0. The van der Waals surface area contributed by atoms with Crippen LogP contribution in [0.5, 0.6) is 11.6 Å². The van der Waals surface area contributed by atoms with Gasteiger partial charge in [-0.3, -0.25) is 4.98 Å². The lowest BCUT2D eigenvalue weighted by Gasteiger charge is -2.08. The number of hydrogen-bond donors (Lipinski definition) is 0. The van der Waals surface area contributed by atoms with E-state index in [1.54, 1.807) is 25.7 Å². The van der Waals surface area contributed by atoms with Crippen LogP contribution >= 0.6 is 0 Å². The highest BCUT2D eigenvalue weighted by Gasteiger charge is 2.10. The molecular formula is C23H18N4O2. The predicted molar refractivity (Wildman–Crippen MR) is 110 cm³/mol. The zero-order chi connectivity index (χ0) is 20.1. The lowest BCUT2D eigenvalue weighted by Crippen LogP contribution is -2.02. The zero-order valence-electron chi connectivity index (χ0n) is 16.1. The quantitative estimate of drug-likeness (QED) is 0.501. The molecule has 0 saturated heterocycles. The molecule has 6 heteroatoms. The molecule has 4 aromatic rings. The van der Waals surface area contributed by atoms with Crippen molar-refractivity contribution in [3.8, 4) is 23.5 Å². The monoisotopic (exact) mass is 382 g/mol. The van der Waals surface area contributed by atoms with Gasteiger partial charge in [-0.05, 0) is 66.4 Å². The van der Waals surface area contributed by atoms with E-state index in [1.165, 1.54) is 0 Å². The molecule has 0 fully saturated rings. The zero-order valence-corrected chi connectivity index (χ0v) is 16.1. The average Bonchev–Trinajstić information content (AvgIpc) is 2.77. The molecule has 0 spiro atoms. The summed E-state index contributed by atoms with van der Waals surface area (Å²) in [5.41, 5.74) is 4.51. The maximum Gasteiger partial charge on any atom is 0.250 e. The predicted octanol–water partition coefficient (Wildman–Crippen LogP) is 3.72. The largest absolute Gasteiger partial charge is 0.497 e. The first-order valence-electron chi connectivity index (χ1n) is 9.04. The highest BCUT2D eigenvalue weighted by Crippen LogP contribution is 2.19. The topological polar surface area (TPSA) is 70.0 Å². The molecule has 1 aromatic carbocycles. The molecule has 3 heterocycles. The van der Waals surface area contributed by atoms with Crippen LogP contribution in [0, 0.1) is 18.8 Å². The Balaban J connectivity index is 1.70. The van der Waals surface area contributed by atoms with Crippen molar-refractivity contribution >= 4 is 11.2 Å². The number of ether oxygens (including phenoxy) is 2. The Hall–Kier alpha value is -3.98. The molecule has 0 amide bonds. The summed E-state index contributed by atoms with van der Waals surface area (Å²) >= 11 is 0. The van der Waals surface area contributed by atoms with Crippen LogP contribution in [0.3, 0.4) is 0 Å². The van der Waals surface area contributed by atoms with Gasteiger partial charge in [0, 0.05) is 24.2 Å². The normalized spacial score (nSPS) is 10.3. The molecule has 0 aliphatic carbocycles. The Labute approximate surface area is 168 Å². The van der Waals surface area contributed by atoms with Crippen LogP contribution in [-0.4, -0.2) is 27.0 Å². The van der Waals surface area contributed by atoms with Gasteiger partial charge in [-0.1, -0.05) is 5.92 Å². The number of methoxy groups -OCH3 is 1. The summed E-state index contributed by atoms with van der Waals surface area (Å²) in [5.74, 6) is 7.42. The van der Waals surface area contributed by atoms with E-state index in [2.05, 4.69) is 31.8 Å². The third kappa shape index (κ3) is 4.30. The molecule has 4 rings (SSSR count). The van der Waals surface area contributed by atoms with Crippen molar-refractivity contribution in [2.24, 2.45) is 0 Å². The fourth-order valence-corrected chi connectivity index (χ4v) is 2.72. The van der Waals surface area contributed by atoms with Crippen LogP contribution in [0.1, 0.15) is 22.4 Å². The molecule has 0 aliphatic rings. The van der Waals surface area contributed by atoms with E-state index in [4.69, 9.17) is 9.47 Å². The number of rotatable bonds is 4. The molecule has 0 N–H and O–H groups in total. The van der Waals surface area contributed by atoms with E-state index in [1.807, 2.05) is 49.4 Å². The maximum atomic E-state index is 5.93. The van der Waals surface area contributed by atoms with Gasteiger partial charge in [-0.25, -0.2) is 15.0 Å². The summed E-state index contributed by atoms with van der Waals surface area (Å²) in [6, 6.07) is 13.2.